The van der Waals surface area contributed by atoms with Crippen molar-refractivity contribution < 1.29 is 23.5 Å². The number of hydrogen-bond acceptors (Lipinski definition) is 8. The predicted molar refractivity (Wildman–Crippen MR) is 173 cm³/mol. The number of amides is 2. The molecule has 2 saturated heterocycles. The lowest BCUT2D eigenvalue weighted by molar-refractivity contribution is 0.0199. The van der Waals surface area contributed by atoms with Gasteiger partial charge in [-0.3, -0.25) is 9.80 Å². The highest BCUT2D eigenvalue weighted by Gasteiger charge is 2.37. The molecule has 2 fully saturated rings. The Morgan fingerprint density at radius 3 is 1.80 bits per heavy atom. The molecule has 0 radical (unpaired) electrons. The number of nitrogens with one attached hydrogen (secondary N) is 1. The number of ether oxygens (including phenoxy) is 2. The molecular weight excluding hydrogens is 584 g/mol. The molecule has 6 rings (SSSR count). The predicted octanol–water partition coefficient (Wildman–Crippen LogP) is 7.94. The van der Waals surface area contributed by atoms with Gasteiger partial charge in [0.1, 0.15) is 23.1 Å². The fraction of sp³-hybridized carbons (Fsp3) is 0.457. The van der Waals surface area contributed by atoms with Crippen molar-refractivity contribution >= 4 is 12.2 Å². The number of H-pyrrole nitrogens is 1. The molecule has 0 saturated carbocycles. The fourth-order valence-electron chi connectivity index (χ4n) is 5.94. The molecule has 0 spiro atoms. The summed E-state index contributed by atoms with van der Waals surface area (Å²) < 4.78 is 17.2. The fourth-order valence-corrected chi connectivity index (χ4v) is 5.94. The highest BCUT2D eigenvalue weighted by molar-refractivity contribution is 5.72. The Morgan fingerprint density at radius 2 is 1.24 bits per heavy atom. The van der Waals surface area contributed by atoms with Gasteiger partial charge in [-0.15, -0.1) is 10.2 Å². The smallest absolute Gasteiger partial charge is 0.410 e. The molecule has 2 aromatic carbocycles. The number of likely N-dealkylation sites (tertiary alicyclic amines) is 2. The molecule has 11 heteroatoms. The lowest BCUT2D eigenvalue weighted by atomic mass is 10.0. The summed E-state index contributed by atoms with van der Waals surface area (Å²) in [5.41, 5.74) is 3.70. The van der Waals surface area contributed by atoms with Gasteiger partial charge < -0.3 is 18.9 Å². The van der Waals surface area contributed by atoms with Crippen molar-refractivity contribution in [1.82, 2.24) is 30.0 Å². The SMILES string of the molecule is CC(C)(C)OC(=O)N1CCCC1c1ncc(-c2ccc(-c3ccc(-c4nnc(C5CCCN5C(=O)OC(C)(C)C)o4)cc3)cc2)[nH]1. The van der Waals surface area contributed by atoms with E-state index >= 15 is 0 Å². The molecule has 1 N–H and O–H groups in total. The van der Waals surface area contributed by atoms with Gasteiger partial charge in [0.05, 0.1) is 17.9 Å². The second-order valence-electron chi connectivity index (χ2n) is 13.9. The molecule has 2 atom stereocenters. The lowest BCUT2D eigenvalue weighted by Crippen LogP contribution is -2.36. The van der Waals surface area contributed by atoms with Crippen LogP contribution in [-0.4, -0.2) is 66.4 Å². The second kappa shape index (κ2) is 12.3. The van der Waals surface area contributed by atoms with Crippen LogP contribution in [0.25, 0.3) is 33.8 Å². The Hall–Kier alpha value is -4.67. The Labute approximate surface area is 269 Å². The minimum atomic E-state index is -0.572. The third kappa shape index (κ3) is 6.93. The van der Waals surface area contributed by atoms with Crippen LogP contribution in [0.15, 0.2) is 59.1 Å². The molecule has 0 bridgehead atoms. The summed E-state index contributed by atoms with van der Waals surface area (Å²) in [6.45, 7) is 12.5. The van der Waals surface area contributed by atoms with Crippen molar-refractivity contribution in [2.45, 2.75) is 90.5 Å². The van der Waals surface area contributed by atoms with Gasteiger partial charge in [-0.1, -0.05) is 36.4 Å². The van der Waals surface area contributed by atoms with E-state index in [0.717, 1.165) is 59.5 Å². The van der Waals surface area contributed by atoms with E-state index in [4.69, 9.17) is 13.9 Å². The van der Waals surface area contributed by atoms with Gasteiger partial charge in [0.2, 0.25) is 11.8 Å². The first-order chi connectivity index (χ1) is 21.8. The first-order valence-electron chi connectivity index (χ1n) is 15.9. The van der Waals surface area contributed by atoms with Gasteiger partial charge in [-0.2, -0.15) is 0 Å². The number of carbonyl (C=O) groups is 2. The van der Waals surface area contributed by atoms with E-state index < -0.39 is 11.2 Å². The van der Waals surface area contributed by atoms with Crippen molar-refractivity contribution in [2.75, 3.05) is 13.1 Å². The summed E-state index contributed by atoms with van der Waals surface area (Å²) in [6, 6.07) is 15.8. The molecule has 2 aliphatic heterocycles. The number of imidazole rings is 1. The third-order valence-electron chi connectivity index (χ3n) is 8.06. The van der Waals surface area contributed by atoms with E-state index in [0.29, 0.717) is 24.9 Å². The van der Waals surface area contributed by atoms with E-state index in [-0.39, 0.29) is 24.3 Å². The molecule has 0 aliphatic carbocycles. The van der Waals surface area contributed by atoms with Crippen LogP contribution in [0.2, 0.25) is 0 Å². The maximum atomic E-state index is 12.8. The minimum Gasteiger partial charge on any atom is -0.444 e. The maximum Gasteiger partial charge on any atom is 0.410 e. The van der Waals surface area contributed by atoms with Crippen LogP contribution in [0.5, 0.6) is 0 Å². The monoisotopic (exact) mass is 626 g/mol. The number of aromatic amines is 1. The van der Waals surface area contributed by atoms with Crippen LogP contribution in [0.1, 0.15) is 91.0 Å². The summed E-state index contributed by atoms with van der Waals surface area (Å²) in [4.78, 5) is 37.0. The molecule has 46 heavy (non-hydrogen) atoms. The largest absolute Gasteiger partial charge is 0.444 e. The van der Waals surface area contributed by atoms with Gasteiger partial charge in [0, 0.05) is 18.7 Å². The minimum absolute atomic E-state index is 0.126. The number of aromatic nitrogens is 4. The summed E-state index contributed by atoms with van der Waals surface area (Å²) in [7, 11) is 0. The Morgan fingerprint density at radius 1 is 0.739 bits per heavy atom. The maximum absolute atomic E-state index is 12.8. The summed E-state index contributed by atoms with van der Waals surface area (Å²) in [5.74, 6) is 1.61. The van der Waals surface area contributed by atoms with Crippen LogP contribution in [0, 0.1) is 0 Å². The van der Waals surface area contributed by atoms with Gasteiger partial charge >= 0.3 is 12.2 Å². The molecule has 2 aromatic heterocycles. The topological polar surface area (TPSA) is 127 Å². The Balaban J connectivity index is 1.11. The van der Waals surface area contributed by atoms with Gasteiger partial charge in [-0.05, 0) is 96.0 Å². The normalized spacial score (nSPS) is 18.7. The average Bonchev–Trinajstić information content (AvgIpc) is 3.82. The molecule has 242 valence electrons. The average molecular weight is 627 g/mol. The van der Waals surface area contributed by atoms with Crippen LogP contribution < -0.4 is 0 Å². The Bertz CT molecular complexity index is 1550. The zero-order valence-corrected chi connectivity index (χ0v) is 27.4. The van der Waals surface area contributed by atoms with Crippen molar-refractivity contribution in [3.8, 4) is 33.8 Å². The first-order valence-corrected chi connectivity index (χ1v) is 15.9. The number of carbonyl (C=O) groups excluding carboxylic acids is 2. The van der Waals surface area contributed by atoms with Crippen molar-refractivity contribution in [2.24, 2.45) is 0 Å². The highest BCUT2D eigenvalue weighted by atomic mass is 16.6. The number of rotatable bonds is 5. The Kier molecular flexibility index (Phi) is 8.35. The standard InChI is InChI=1S/C35H42N6O5/c1-34(2,3)45-32(42)40-19-7-9-27(40)29-36-21-26(37-29)24-15-11-22(12-16-24)23-13-17-25(18-14-23)30-38-39-31(44-30)28-10-8-20-41(28)33(43)46-35(4,5)6/h11-18,21,27-28H,7-10,19-20H2,1-6H3,(H,36,37). The number of benzene rings is 2. The van der Waals surface area contributed by atoms with Gasteiger partial charge in [-0.25, -0.2) is 14.6 Å². The summed E-state index contributed by atoms with van der Waals surface area (Å²) >= 11 is 0. The molecular formula is C35H42N6O5. The van der Waals surface area contributed by atoms with E-state index in [2.05, 4.69) is 44.4 Å². The highest BCUT2D eigenvalue weighted by Crippen LogP contribution is 2.35. The van der Waals surface area contributed by atoms with Crippen molar-refractivity contribution in [3.05, 3.63) is 66.4 Å². The molecule has 11 nitrogen and oxygen atoms in total. The first kappa shape index (κ1) is 31.3. The van der Waals surface area contributed by atoms with Crippen molar-refractivity contribution in [3.63, 3.8) is 0 Å². The van der Waals surface area contributed by atoms with E-state index in [1.54, 1.807) is 9.80 Å². The van der Waals surface area contributed by atoms with E-state index in [1.165, 1.54) is 0 Å². The molecule has 2 amide bonds. The summed E-state index contributed by atoms with van der Waals surface area (Å²) in [5, 5.41) is 8.55. The molecule has 4 aromatic rings. The molecule has 2 aliphatic rings. The molecule has 4 heterocycles. The second-order valence-corrected chi connectivity index (χ2v) is 13.9. The van der Waals surface area contributed by atoms with Crippen molar-refractivity contribution in [1.29, 1.82) is 0 Å². The van der Waals surface area contributed by atoms with E-state index in [1.807, 2.05) is 72.0 Å². The lowest BCUT2D eigenvalue weighted by Gasteiger charge is -2.27. The van der Waals surface area contributed by atoms with Gasteiger partial charge in [0.15, 0.2) is 0 Å². The zero-order valence-electron chi connectivity index (χ0n) is 27.4. The van der Waals surface area contributed by atoms with E-state index in [9.17, 15) is 9.59 Å². The zero-order chi connectivity index (χ0) is 32.6. The molecule has 2 unspecified atom stereocenters. The summed E-state index contributed by atoms with van der Waals surface area (Å²) in [6.07, 6.45) is 4.51. The third-order valence-corrected chi connectivity index (χ3v) is 8.06. The van der Waals surface area contributed by atoms with Gasteiger partial charge in [0.25, 0.3) is 0 Å². The van der Waals surface area contributed by atoms with Crippen LogP contribution >= 0.6 is 0 Å². The van der Waals surface area contributed by atoms with Crippen LogP contribution in [-0.2, 0) is 9.47 Å². The number of hydrogen-bond donors (Lipinski definition) is 1. The quantitative estimate of drug-likeness (QED) is 0.237. The number of nitrogens with zero attached hydrogens (tertiary/aromatic N) is 5. The van der Waals surface area contributed by atoms with Crippen LogP contribution in [0.4, 0.5) is 9.59 Å². The van der Waals surface area contributed by atoms with Crippen LogP contribution in [0.3, 0.4) is 0 Å².